The highest BCUT2D eigenvalue weighted by atomic mass is 16.5. The normalized spacial score (nSPS) is 14.1. The molecule has 0 aliphatic heterocycles. The van der Waals surface area contributed by atoms with E-state index in [1.54, 1.807) is 13.2 Å². The number of amides is 1. The number of hydrogen-bond donors (Lipinski definition) is 1. The predicted molar refractivity (Wildman–Crippen MR) is 75.9 cm³/mol. The van der Waals surface area contributed by atoms with Gasteiger partial charge in [0.2, 0.25) is 0 Å². The number of methoxy groups -OCH3 is 1. The van der Waals surface area contributed by atoms with Crippen LogP contribution in [0.4, 0.5) is 0 Å². The monoisotopic (exact) mass is 271 g/mol. The lowest BCUT2D eigenvalue weighted by molar-refractivity contribution is 0.0924. The second kappa shape index (κ2) is 5.04. The fourth-order valence-corrected chi connectivity index (χ4v) is 2.13. The zero-order chi connectivity index (χ0) is 14.1. The molecular weight excluding hydrogens is 254 g/mol. The summed E-state index contributed by atoms with van der Waals surface area (Å²) in [6, 6.07) is 9.65. The molecule has 1 amide bonds. The largest absolute Gasteiger partial charge is 0.497 e. The molecule has 2 aromatic rings. The van der Waals surface area contributed by atoms with E-state index < -0.39 is 0 Å². The molecular formula is C16H17NO3. The Labute approximate surface area is 117 Å². The van der Waals surface area contributed by atoms with E-state index in [9.17, 15) is 4.79 Å². The Bertz CT molecular complexity index is 641. The molecule has 0 spiro atoms. The Hall–Kier alpha value is -2.23. The molecule has 0 unspecified atom stereocenters. The summed E-state index contributed by atoms with van der Waals surface area (Å²) in [5.74, 6) is 1.74. The molecule has 1 aromatic carbocycles. The smallest absolute Gasteiger partial charge is 0.287 e. The molecule has 4 nitrogen and oxygen atoms in total. The van der Waals surface area contributed by atoms with Crippen molar-refractivity contribution in [3.05, 3.63) is 41.7 Å². The molecule has 3 rings (SSSR count). The van der Waals surface area contributed by atoms with Gasteiger partial charge < -0.3 is 14.5 Å². The van der Waals surface area contributed by atoms with E-state index in [1.807, 2.05) is 31.2 Å². The third kappa shape index (κ3) is 2.54. The first kappa shape index (κ1) is 12.8. The summed E-state index contributed by atoms with van der Waals surface area (Å²) in [5, 5.41) is 2.92. The molecule has 0 saturated heterocycles. The zero-order valence-electron chi connectivity index (χ0n) is 11.6. The number of furan rings is 1. The quantitative estimate of drug-likeness (QED) is 0.929. The number of rotatable bonds is 4. The molecule has 1 aliphatic carbocycles. The summed E-state index contributed by atoms with van der Waals surface area (Å²) in [7, 11) is 1.64. The Morgan fingerprint density at radius 2 is 2.10 bits per heavy atom. The molecule has 1 heterocycles. The van der Waals surface area contributed by atoms with Gasteiger partial charge in [-0.05, 0) is 55.7 Å². The van der Waals surface area contributed by atoms with Crippen LogP contribution in [0.15, 0.2) is 34.7 Å². The van der Waals surface area contributed by atoms with Crippen LogP contribution in [0.3, 0.4) is 0 Å². The average Bonchev–Trinajstić information content (AvgIpc) is 3.12. The maximum atomic E-state index is 11.9. The standard InChI is InChI=1S/C16H17NO3/c1-10-9-12(19-2)5-6-13(10)14-7-8-15(20-14)16(18)17-11-3-4-11/h5-9,11H,3-4H2,1-2H3,(H,17,18). The van der Waals surface area contributed by atoms with Gasteiger partial charge in [-0.3, -0.25) is 4.79 Å². The van der Waals surface area contributed by atoms with E-state index in [-0.39, 0.29) is 5.91 Å². The van der Waals surface area contributed by atoms with Gasteiger partial charge in [-0.2, -0.15) is 0 Å². The lowest BCUT2D eigenvalue weighted by atomic mass is 10.1. The molecule has 1 fully saturated rings. The van der Waals surface area contributed by atoms with Gasteiger partial charge in [-0.15, -0.1) is 0 Å². The molecule has 1 aromatic heterocycles. The summed E-state index contributed by atoms with van der Waals surface area (Å²) in [6.45, 7) is 1.99. The maximum Gasteiger partial charge on any atom is 0.287 e. The third-order valence-corrected chi connectivity index (χ3v) is 3.44. The van der Waals surface area contributed by atoms with Crippen LogP contribution in [-0.4, -0.2) is 19.1 Å². The van der Waals surface area contributed by atoms with E-state index in [2.05, 4.69) is 5.32 Å². The van der Waals surface area contributed by atoms with Crippen molar-refractivity contribution in [3.8, 4) is 17.1 Å². The average molecular weight is 271 g/mol. The highest BCUT2D eigenvalue weighted by Crippen LogP contribution is 2.28. The summed E-state index contributed by atoms with van der Waals surface area (Å²) < 4.78 is 10.8. The van der Waals surface area contributed by atoms with Gasteiger partial charge in [-0.25, -0.2) is 0 Å². The summed E-state index contributed by atoms with van der Waals surface area (Å²) >= 11 is 0. The third-order valence-electron chi connectivity index (χ3n) is 3.44. The van der Waals surface area contributed by atoms with Gasteiger partial charge in [0, 0.05) is 11.6 Å². The molecule has 1 saturated carbocycles. The maximum absolute atomic E-state index is 11.9. The van der Waals surface area contributed by atoms with E-state index in [0.29, 0.717) is 17.6 Å². The molecule has 0 atom stereocenters. The van der Waals surface area contributed by atoms with Crippen LogP contribution in [0.2, 0.25) is 0 Å². The minimum absolute atomic E-state index is 0.134. The summed E-state index contributed by atoms with van der Waals surface area (Å²) in [5.41, 5.74) is 2.02. The van der Waals surface area contributed by atoms with Crippen LogP contribution >= 0.6 is 0 Å². The van der Waals surface area contributed by atoms with Crippen molar-refractivity contribution >= 4 is 5.91 Å². The van der Waals surface area contributed by atoms with Crippen molar-refractivity contribution < 1.29 is 13.9 Å². The molecule has 1 N–H and O–H groups in total. The lowest BCUT2D eigenvalue weighted by Crippen LogP contribution is -2.24. The van der Waals surface area contributed by atoms with Crippen LogP contribution < -0.4 is 10.1 Å². The minimum Gasteiger partial charge on any atom is -0.497 e. The molecule has 0 radical (unpaired) electrons. The highest BCUT2D eigenvalue weighted by Gasteiger charge is 2.25. The number of carbonyl (C=O) groups is 1. The molecule has 20 heavy (non-hydrogen) atoms. The number of aryl methyl sites for hydroxylation is 1. The second-order valence-corrected chi connectivity index (χ2v) is 5.09. The van der Waals surface area contributed by atoms with Crippen LogP contribution in [-0.2, 0) is 0 Å². The topological polar surface area (TPSA) is 51.5 Å². The Balaban J connectivity index is 1.83. The number of ether oxygens (including phenoxy) is 1. The molecule has 1 aliphatic rings. The van der Waals surface area contributed by atoms with Gasteiger partial charge in [0.1, 0.15) is 11.5 Å². The highest BCUT2D eigenvalue weighted by molar-refractivity contribution is 5.92. The van der Waals surface area contributed by atoms with E-state index in [0.717, 1.165) is 29.7 Å². The van der Waals surface area contributed by atoms with Gasteiger partial charge in [0.25, 0.3) is 5.91 Å². The Morgan fingerprint density at radius 1 is 1.30 bits per heavy atom. The van der Waals surface area contributed by atoms with Crippen molar-refractivity contribution in [1.82, 2.24) is 5.32 Å². The summed E-state index contributed by atoms with van der Waals surface area (Å²) in [6.07, 6.45) is 2.13. The number of hydrogen-bond acceptors (Lipinski definition) is 3. The van der Waals surface area contributed by atoms with Gasteiger partial charge in [0.15, 0.2) is 5.76 Å². The van der Waals surface area contributed by atoms with Gasteiger partial charge in [0.05, 0.1) is 7.11 Å². The lowest BCUT2D eigenvalue weighted by Gasteiger charge is -2.05. The number of carbonyl (C=O) groups excluding carboxylic acids is 1. The number of benzene rings is 1. The first-order chi connectivity index (χ1) is 9.67. The van der Waals surface area contributed by atoms with Crippen molar-refractivity contribution in [2.45, 2.75) is 25.8 Å². The molecule has 4 heteroatoms. The van der Waals surface area contributed by atoms with Crippen molar-refractivity contribution in [2.75, 3.05) is 7.11 Å². The van der Waals surface area contributed by atoms with Crippen molar-refractivity contribution in [3.63, 3.8) is 0 Å². The van der Waals surface area contributed by atoms with Crippen LogP contribution in [0.1, 0.15) is 29.0 Å². The van der Waals surface area contributed by atoms with E-state index >= 15 is 0 Å². The minimum atomic E-state index is -0.134. The van der Waals surface area contributed by atoms with Crippen molar-refractivity contribution in [2.24, 2.45) is 0 Å². The fraction of sp³-hybridized carbons (Fsp3) is 0.312. The van der Waals surface area contributed by atoms with E-state index in [1.165, 1.54) is 0 Å². The van der Waals surface area contributed by atoms with Crippen LogP contribution in [0.5, 0.6) is 5.75 Å². The van der Waals surface area contributed by atoms with Crippen molar-refractivity contribution in [1.29, 1.82) is 0 Å². The fourth-order valence-electron chi connectivity index (χ4n) is 2.13. The van der Waals surface area contributed by atoms with E-state index in [4.69, 9.17) is 9.15 Å². The summed E-state index contributed by atoms with van der Waals surface area (Å²) in [4.78, 5) is 11.9. The first-order valence-electron chi connectivity index (χ1n) is 6.73. The SMILES string of the molecule is COc1ccc(-c2ccc(C(=O)NC3CC3)o2)c(C)c1. The van der Waals surface area contributed by atoms with Crippen LogP contribution in [0, 0.1) is 6.92 Å². The molecule has 0 bridgehead atoms. The Kier molecular flexibility index (Phi) is 3.22. The second-order valence-electron chi connectivity index (χ2n) is 5.09. The Morgan fingerprint density at radius 3 is 2.75 bits per heavy atom. The zero-order valence-corrected chi connectivity index (χ0v) is 11.6. The molecule has 104 valence electrons. The predicted octanol–water partition coefficient (Wildman–Crippen LogP) is 3.16. The van der Waals surface area contributed by atoms with Gasteiger partial charge in [-0.1, -0.05) is 0 Å². The number of nitrogens with one attached hydrogen (secondary N) is 1. The van der Waals surface area contributed by atoms with Gasteiger partial charge >= 0.3 is 0 Å². The van der Waals surface area contributed by atoms with Crippen LogP contribution in [0.25, 0.3) is 11.3 Å². The first-order valence-corrected chi connectivity index (χ1v) is 6.73.